The van der Waals surface area contributed by atoms with Gasteiger partial charge in [0, 0.05) is 35.1 Å². The molecule has 1 fully saturated rings. The number of aromatic nitrogens is 3. The molecule has 4 aromatic rings. The number of nitriles is 1. The zero-order valence-corrected chi connectivity index (χ0v) is 22.9. The van der Waals surface area contributed by atoms with Gasteiger partial charge in [0.2, 0.25) is 0 Å². The Balaban J connectivity index is 1.66. The number of halogens is 3. The van der Waals surface area contributed by atoms with Crippen LogP contribution >= 0.6 is 11.3 Å². The van der Waals surface area contributed by atoms with E-state index in [2.05, 4.69) is 15.6 Å². The quantitative estimate of drug-likeness (QED) is 0.349. The molecule has 2 N–H and O–H groups in total. The molecule has 1 saturated heterocycles. The molecule has 0 radical (unpaired) electrons. The summed E-state index contributed by atoms with van der Waals surface area (Å²) in [6, 6.07) is 8.75. The van der Waals surface area contributed by atoms with Crippen molar-refractivity contribution in [3.05, 3.63) is 58.2 Å². The number of likely N-dealkylation sites (tertiary alicyclic amines) is 1. The molecule has 2 aromatic heterocycles. The van der Waals surface area contributed by atoms with E-state index in [0.717, 1.165) is 34.9 Å². The summed E-state index contributed by atoms with van der Waals surface area (Å²) >= 11 is 0.981. The molecule has 0 unspecified atom stereocenters. The molecule has 0 bridgehead atoms. The lowest BCUT2D eigenvalue weighted by atomic mass is 9.99. The van der Waals surface area contributed by atoms with Crippen LogP contribution in [0.25, 0.3) is 32.6 Å². The summed E-state index contributed by atoms with van der Waals surface area (Å²) in [5, 5.41) is 30.4. The fourth-order valence-corrected chi connectivity index (χ4v) is 6.11. The van der Waals surface area contributed by atoms with Gasteiger partial charge >= 0.3 is 0 Å². The first-order chi connectivity index (χ1) is 19.0. The fraction of sp³-hybridized carbons (Fsp3) is 0.357. The van der Waals surface area contributed by atoms with Crippen LogP contribution in [0.1, 0.15) is 41.9 Å². The van der Waals surface area contributed by atoms with Crippen molar-refractivity contribution in [2.24, 2.45) is 0 Å². The van der Waals surface area contributed by atoms with Crippen LogP contribution in [0.4, 0.5) is 13.2 Å². The van der Waals surface area contributed by atoms with E-state index in [9.17, 15) is 14.3 Å². The molecule has 0 saturated carbocycles. The zero-order valence-electron chi connectivity index (χ0n) is 22.1. The Morgan fingerprint density at radius 2 is 2.00 bits per heavy atom. The van der Waals surface area contributed by atoms with Crippen molar-refractivity contribution in [3.8, 4) is 27.6 Å². The van der Waals surface area contributed by atoms with Crippen LogP contribution in [-0.4, -0.2) is 62.7 Å². The summed E-state index contributed by atoms with van der Waals surface area (Å²) < 4.78 is 47.0. The summed E-state index contributed by atoms with van der Waals surface area (Å²) in [5.74, 6) is -3.41. The first kappa shape index (κ1) is 27.8. The van der Waals surface area contributed by atoms with Crippen LogP contribution in [-0.2, 0) is 6.54 Å². The number of carbonyl (C=O) groups excluding carboxylic acids is 1. The third-order valence-corrected chi connectivity index (χ3v) is 8.08. The Kier molecular flexibility index (Phi) is 7.39. The van der Waals surface area contributed by atoms with Gasteiger partial charge in [-0.3, -0.25) is 4.79 Å². The summed E-state index contributed by atoms with van der Waals surface area (Å²) in [4.78, 5) is 15.7. The smallest absolute Gasteiger partial charge is 0.264 e. The maximum atomic E-state index is 15.7. The second-order valence-electron chi connectivity index (χ2n) is 10.5. The molecule has 8 nitrogen and oxygen atoms in total. The van der Waals surface area contributed by atoms with Crippen molar-refractivity contribution in [2.75, 3.05) is 20.1 Å². The van der Waals surface area contributed by atoms with Crippen LogP contribution in [0.3, 0.4) is 0 Å². The maximum absolute atomic E-state index is 15.7. The van der Waals surface area contributed by atoms with Gasteiger partial charge in [0.25, 0.3) is 5.91 Å². The fourth-order valence-electron chi connectivity index (χ4n) is 4.95. The number of hydrogen-bond acceptors (Lipinski definition) is 7. The van der Waals surface area contributed by atoms with E-state index in [0.29, 0.717) is 24.2 Å². The van der Waals surface area contributed by atoms with Crippen molar-refractivity contribution < 1.29 is 23.1 Å². The summed E-state index contributed by atoms with van der Waals surface area (Å²) in [5.41, 5.74) is -1.09. The number of likely N-dealkylation sites (N-methyl/N-ethyl adjacent to an activating group) is 1. The predicted molar refractivity (Wildman–Crippen MR) is 145 cm³/mol. The van der Waals surface area contributed by atoms with Crippen LogP contribution in [0.15, 0.2) is 30.3 Å². The largest absolute Gasteiger partial charge is 0.389 e. The number of fused-ring (bicyclic) bond motifs is 1. The van der Waals surface area contributed by atoms with E-state index in [4.69, 9.17) is 5.26 Å². The van der Waals surface area contributed by atoms with E-state index < -0.39 is 23.1 Å². The SMILES string of the molecule is CN[C@@H]1CCCN(C(=O)c2cc(-c3ccc(C#N)c(F)c3)c(-c3cc4nnn(CC(C)(C)O)c4c(F)c3F)s2)C1. The van der Waals surface area contributed by atoms with Gasteiger partial charge in [0.15, 0.2) is 11.6 Å². The second kappa shape index (κ2) is 10.6. The molecule has 3 heterocycles. The first-order valence-electron chi connectivity index (χ1n) is 12.7. The Morgan fingerprint density at radius 1 is 1.23 bits per heavy atom. The highest BCUT2D eigenvalue weighted by molar-refractivity contribution is 7.18. The molecule has 208 valence electrons. The summed E-state index contributed by atoms with van der Waals surface area (Å²) in [6.45, 7) is 3.97. The average Bonchev–Trinajstić information content (AvgIpc) is 3.54. The average molecular weight is 569 g/mol. The summed E-state index contributed by atoms with van der Waals surface area (Å²) in [7, 11) is 1.84. The lowest BCUT2D eigenvalue weighted by Gasteiger charge is -2.32. The first-order valence-corrected chi connectivity index (χ1v) is 13.6. The Hall–Kier alpha value is -3.79. The minimum atomic E-state index is -1.25. The molecule has 1 aliphatic rings. The number of aliphatic hydroxyl groups is 1. The second-order valence-corrected chi connectivity index (χ2v) is 11.6. The number of amides is 1. The van der Waals surface area contributed by atoms with Crippen molar-refractivity contribution in [3.63, 3.8) is 0 Å². The van der Waals surface area contributed by atoms with Gasteiger partial charge in [-0.25, -0.2) is 17.9 Å². The number of piperidine rings is 1. The topological polar surface area (TPSA) is 107 Å². The Bertz CT molecular complexity index is 1650. The van der Waals surface area contributed by atoms with Crippen LogP contribution in [0.5, 0.6) is 0 Å². The molecule has 0 spiro atoms. The molecule has 12 heteroatoms. The molecular formula is C28H27F3N6O2S. The van der Waals surface area contributed by atoms with Gasteiger partial charge in [-0.2, -0.15) is 5.26 Å². The van der Waals surface area contributed by atoms with Crippen LogP contribution in [0.2, 0.25) is 0 Å². The van der Waals surface area contributed by atoms with Gasteiger partial charge in [-0.05, 0) is 63.6 Å². The number of nitrogens with one attached hydrogen (secondary N) is 1. The van der Waals surface area contributed by atoms with Gasteiger partial charge in [-0.1, -0.05) is 11.3 Å². The van der Waals surface area contributed by atoms with E-state index in [-0.39, 0.29) is 50.4 Å². The monoisotopic (exact) mass is 568 g/mol. The molecule has 5 rings (SSSR count). The minimum absolute atomic E-state index is 0.0595. The number of nitrogens with zero attached hydrogens (tertiary/aromatic N) is 5. The van der Waals surface area contributed by atoms with E-state index >= 15 is 8.78 Å². The normalized spacial score (nSPS) is 15.9. The number of benzene rings is 2. The standard InChI is InChI=1S/C28H27F3N6O2S/c1-28(2,39)14-37-25-21(34-35-37)10-19(23(30)24(25)31)26-18(15-6-7-16(12-32)20(29)9-15)11-22(40-26)27(38)36-8-4-5-17(13-36)33-3/h6-7,9-11,17,33,39H,4-5,8,13-14H2,1-3H3/t17-/m1/s1. The van der Waals surface area contributed by atoms with Crippen LogP contribution < -0.4 is 5.32 Å². The number of hydrogen-bond donors (Lipinski definition) is 2. The van der Waals surface area contributed by atoms with E-state index in [1.807, 2.05) is 7.05 Å². The number of thiophene rings is 1. The van der Waals surface area contributed by atoms with E-state index in [1.165, 1.54) is 32.0 Å². The van der Waals surface area contributed by atoms with Crippen molar-refractivity contribution in [1.29, 1.82) is 5.26 Å². The van der Waals surface area contributed by atoms with Crippen molar-refractivity contribution in [1.82, 2.24) is 25.2 Å². The predicted octanol–water partition coefficient (Wildman–Crippen LogP) is 4.71. The molecular weight excluding hydrogens is 541 g/mol. The molecule has 40 heavy (non-hydrogen) atoms. The molecule has 1 aliphatic heterocycles. The molecule has 1 amide bonds. The third-order valence-electron chi connectivity index (χ3n) is 6.92. The van der Waals surface area contributed by atoms with Crippen molar-refractivity contribution in [2.45, 2.75) is 44.9 Å². The molecule has 2 aromatic carbocycles. The minimum Gasteiger partial charge on any atom is -0.389 e. The van der Waals surface area contributed by atoms with E-state index in [1.54, 1.807) is 17.0 Å². The zero-order chi connectivity index (χ0) is 28.8. The highest BCUT2D eigenvalue weighted by atomic mass is 32.1. The highest BCUT2D eigenvalue weighted by Crippen LogP contribution is 2.43. The maximum Gasteiger partial charge on any atom is 0.264 e. The van der Waals surface area contributed by atoms with Gasteiger partial charge in [0.05, 0.1) is 22.6 Å². The molecule has 0 aliphatic carbocycles. The van der Waals surface area contributed by atoms with Gasteiger partial charge in [-0.15, -0.1) is 16.4 Å². The number of rotatable bonds is 6. The van der Waals surface area contributed by atoms with Crippen LogP contribution in [0, 0.1) is 28.8 Å². The summed E-state index contributed by atoms with van der Waals surface area (Å²) in [6.07, 6.45) is 1.75. The lowest BCUT2D eigenvalue weighted by Crippen LogP contribution is -2.46. The lowest BCUT2D eigenvalue weighted by molar-refractivity contribution is 0.0583. The van der Waals surface area contributed by atoms with Gasteiger partial charge in [0.1, 0.15) is 22.9 Å². The molecule has 1 atom stereocenters. The highest BCUT2D eigenvalue weighted by Gasteiger charge is 2.29. The third kappa shape index (κ3) is 5.20. The van der Waals surface area contributed by atoms with Gasteiger partial charge < -0.3 is 15.3 Å². The Labute approximate surface area is 232 Å². The number of carbonyl (C=O) groups is 1. The Morgan fingerprint density at radius 3 is 2.67 bits per heavy atom. The van der Waals surface area contributed by atoms with Crippen molar-refractivity contribution >= 4 is 28.3 Å².